The summed E-state index contributed by atoms with van der Waals surface area (Å²) in [6.45, 7) is 3.57. The molecule has 4 aromatic rings. The van der Waals surface area contributed by atoms with Crippen molar-refractivity contribution in [2.45, 2.75) is 81.9 Å². The van der Waals surface area contributed by atoms with Gasteiger partial charge in [-0.2, -0.15) is 8.78 Å². The molecular weight excluding hydrogens is 888 g/mol. The zero-order valence-electron chi connectivity index (χ0n) is 32.9. The summed E-state index contributed by atoms with van der Waals surface area (Å²) in [6, 6.07) is 7.88. The molecule has 0 bridgehead atoms. The quantitative estimate of drug-likeness (QED) is 0.0298. The van der Waals surface area contributed by atoms with E-state index in [1.807, 2.05) is 0 Å². The molecule has 1 atom stereocenters. The number of unbranched alkanes of at least 4 members (excludes halogenated alkanes) is 2. The summed E-state index contributed by atoms with van der Waals surface area (Å²) in [6.07, 6.45) is 6.85. The van der Waals surface area contributed by atoms with Crippen LogP contribution in [-0.2, 0) is 44.2 Å². The standard InChI is InChI=1S/C43H41AsF5N3O8S/c45-34-35(46)37(48)43(38(49)36(34)47)59-32(53)12-2-1-3-15-50-61(57,58)25-13-14-26(31(22-25)44(54,55)56)33-29-20-23-8-4-16-51-18-6-10-27(39(23)51)41(29)60-42-28-11-7-19-52-17-5-9-24(40(28)52)21-30(33)42/h13-14,20-22,50H,1-12,15-19H2,(H-,54,55,56). The molecule has 61 heavy (non-hydrogen) atoms. The van der Waals surface area contributed by atoms with Crippen molar-refractivity contribution in [3.8, 4) is 17.2 Å². The van der Waals surface area contributed by atoms with Gasteiger partial charge < -0.3 is 0 Å². The van der Waals surface area contributed by atoms with Crippen LogP contribution >= 0.6 is 0 Å². The number of fused-ring (bicyclic) bond motifs is 4. The van der Waals surface area contributed by atoms with E-state index in [-0.39, 0.29) is 31.4 Å². The third-order valence-electron chi connectivity index (χ3n) is 12.3. The number of carbonyl (C=O) groups excluding carboxylic acids is 1. The van der Waals surface area contributed by atoms with Crippen molar-refractivity contribution in [2.75, 3.05) is 37.6 Å². The van der Waals surface area contributed by atoms with Crippen LogP contribution in [0.3, 0.4) is 0 Å². The van der Waals surface area contributed by atoms with E-state index >= 15 is 0 Å². The predicted molar refractivity (Wildman–Crippen MR) is 211 cm³/mol. The molecule has 18 heteroatoms. The van der Waals surface area contributed by atoms with Gasteiger partial charge in [0.25, 0.3) is 0 Å². The topological polar surface area (TPSA) is 148 Å². The van der Waals surface area contributed by atoms with E-state index in [2.05, 4.69) is 31.1 Å². The minimum Gasteiger partial charge on any atom is -0.200 e. The first-order valence-corrected chi connectivity index (χ1v) is 25.3. The Kier molecular flexibility index (Phi) is 10.9. The van der Waals surface area contributed by atoms with E-state index in [1.165, 1.54) is 23.2 Å². The van der Waals surface area contributed by atoms with Gasteiger partial charge in [0.1, 0.15) is 0 Å². The van der Waals surface area contributed by atoms with Gasteiger partial charge in [-0.1, -0.05) is 0 Å². The number of esters is 1. The molecule has 0 saturated carbocycles. The van der Waals surface area contributed by atoms with Crippen LogP contribution in [0.15, 0.2) is 35.2 Å². The Morgan fingerprint density at radius 1 is 0.836 bits per heavy atom. The molecule has 5 heterocycles. The number of hydrogen-bond acceptors (Lipinski definition) is 8. The van der Waals surface area contributed by atoms with E-state index < -0.39 is 80.7 Å². The molecule has 1 unspecified atom stereocenters. The SMILES string of the molecule is O=C(CCCCCNS(=O)(=O)c1ccc(C2=c3cc4c5c(c3Oc3c2cc2c6c3CCCN6CCC2)CCC[N+]=5CCC4)c([As](=O)([O-])O)c1)Oc1c(F)c(F)c(F)c(F)c1F. The number of ether oxygens (including phenoxy) is 2. The summed E-state index contributed by atoms with van der Waals surface area (Å²) in [5.74, 6) is -13.1. The second-order valence-electron chi connectivity index (χ2n) is 16.1. The number of anilines is 1. The van der Waals surface area contributed by atoms with Gasteiger partial charge in [-0.25, -0.2) is 13.2 Å². The van der Waals surface area contributed by atoms with Crippen LogP contribution in [0.1, 0.15) is 84.7 Å². The number of hydrogen-bond donors (Lipinski definition) is 2. The molecule has 0 aromatic heterocycles. The minimum absolute atomic E-state index is 0.0122. The van der Waals surface area contributed by atoms with Crippen LogP contribution in [0.2, 0.25) is 0 Å². The Morgan fingerprint density at radius 2 is 1.51 bits per heavy atom. The summed E-state index contributed by atoms with van der Waals surface area (Å²) in [4.78, 5) is 14.1. The molecule has 0 saturated heterocycles. The molecular formula is C43H41AsF5N3O8S. The zero-order chi connectivity index (χ0) is 43.0. The zero-order valence-corrected chi connectivity index (χ0v) is 35.5. The summed E-state index contributed by atoms with van der Waals surface area (Å²) >= 11 is -6.16. The van der Waals surface area contributed by atoms with Crippen LogP contribution in [0.25, 0.3) is 5.57 Å². The Balaban J connectivity index is 1.02. The van der Waals surface area contributed by atoms with E-state index in [9.17, 15) is 47.1 Å². The number of rotatable bonds is 11. The summed E-state index contributed by atoms with van der Waals surface area (Å²) in [5.41, 5.74) is 7.03. The Labute approximate surface area is 350 Å². The van der Waals surface area contributed by atoms with Crippen molar-refractivity contribution in [2.24, 2.45) is 0 Å². The fraction of sp³-hybridized carbons (Fsp3) is 0.395. The second-order valence-corrected chi connectivity index (χ2v) is 21.1. The van der Waals surface area contributed by atoms with Crippen molar-refractivity contribution in [1.29, 1.82) is 0 Å². The van der Waals surface area contributed by atoms with Crippen LogP contribution in [0.4, 0.5) is 27.6 Å². The fourth-order valence-corrected chi connectivity index (χ4v) is 12.6. The fourth-order valence-electron chi connectivity index (χ4n) is 9.63. The summed E-state index contributed by atoms with van der Waals surface area (Å²) in [5, 5.41) is 1.88. The number of aryl methyl sites for hydroxylation is 2. The van der Waals surface area contributed by atoms with Crippen LogP contribution in [-0.4, -0.2) is 65.4 Å². The van der Waals surface area contributed by atoms with Crippen LogP contribution in [0.5, 0.6) is 17.2 Å². The van der Waals surface area contributed by atoms with Crippen molar-refractivity contribution in [3.63, 3.8) is 0 Å². The van der Waals surface area contributed by atoms with Gasteiger partial charge in [0.2, 0.25) is 34.8 Å². The molecule has 0 radical (unpaired) electrons. The van der Waals surface area contributed by atoms with Gasteiger partial charge in [0.05, 0.1) is 0 Å². The van der Waals surface area contributed by atoms with Gasteiger partial charge in [0.15, 0.2) is 0 Å². The number of nitrogens with zero attached hydrogens (tertiary/aromatic N) is 2. The molecule has 0 aliphatic carbocycles. The van der Waals surface area contributed by atoms with Crippen molar-refractivity contribution in [3.05, 3.63) is 103 Å². The first-order chi connectivity index (χ1) is 29.1. The average Bonchev–Trinajstić information content (AvgIpc) is 3.24. The molecule has 0 fully saturated rings. The monoisotopic (exact) mass is 929 g/mol. The van der Waals surface area contributed by atoms with Crippen molar-refractivity contribution < 1.29 is 56.6 Å². The smallest absolute Gasteiger partial charge is 0.200 e. The van der Waals surface area contributed by atoms with Gasteiger partial charge in [-0.15, -0.1) is 0 Å². The Bertz CT molecular complexity index is 2820. The Morgan fingerprint density at radius 3 is 2.25 bits per heavy atom. The maximum absolute atomic E-state index is 13.9. The normalized spacial score (nSPS) is 17.5. The summed E-state index contributed by atoms with van der Waals surface area (Å²) < 4.78 is 149. The van der Waals surface area contributed by atoms with Crippen molar-refractivity contribution >= 4 is 45.8 Å². The molecule has 5 aliphatic rings. The first kappa shape index (κ1) is 41.8. The third-order valence-corrected chi connectivity index (χ3v) is 15.8. The molecule has 5 aliphatic heterocycles. The second kappa shape index (κ2) is 16.0. The molecule has 0 amide bonds. The molecule has 322 valence electrons. The first-order valence-electron chi connectivity index (χ1n) is 20.5. The van der Waals surface area contributed by atoms with Gasteiger partial charge in [0, 0.05) is 0 Å². The van der Waals surface area contributed by atoms with E-state index in [0.717, 1.165) is 106 Å². The minimum atomic E-state index is -6.16. The van der Waals surface area contributed by atoms with Gasteiger partial charge in [-0.05, 0) is 0 Å². The molecule has 9 rings (SSSR count). The Hall–Kier alpha value is -4.54. The molecule has 2 N–H and O–H groups in total. The van der Waals surface area contributed by atoms with Gasteiger partial charge >= 0.3 is 295 Å². The third kappa shape index (κ3) is 7.39. The van der Waals surface area contributed by atoms with E-state index in [0.29, 0.717) is 27.9 Å². The number of nitrogens with one attached hydrogen (secondary N) is 1. The number of sulfonamides is 1. The molecule has 4 aromatic carbocycles. The van der Waals surface area contributed by atoms with E-state index in [4.69, 9.17) is 4.74 Å². The number of carbonyl (C=O) groups is 1. The van der Waals surface area contributed by atoms with Crippen LogP contribution in [0, 0.1) is 29.1 Å². The summed E-state index contributed by atoms with van der Waals surface area (Å²) in [7, 11) is -4.35. The number of halogens is 5. The van der Waals surface area contributed by atoms with Gasteiger partial charge in [-0.3, -0.25) is 0 Å². The average molecular weight is 930 g/mol. The van der Waals surface area contributed by atoms with Crippen LogP contribution < -0.4 is 42.7 Å². The predicted octanol–water partition coefficient (Wildman–Crippen LogP) is 3.19. The van der Waals surface area contributed by atoms with E-state index in [1.54, 1.807) is 0 Å². The molecule has 0 spiro atoms. The maximum atomic E-state index is 13.9. The van der Waals surface area contributed by atoms with Crippen molar-refractivity contribution in [1.82, 2.24) is 9.30 Å². The molecule has 11 nitrogen and oxygen atoms in total. The number of benzene rings is 4.